The number of benzene rings is 1. The molecule has 1 amide bonds. The minimum atomic E-state index is -0.311. The number of pyridine rings is 1. The van der Waals surface area contributed by atoms with Gasteiger partial charge in [-0.25, -0.2) is 0 Å². The molecule has 0 fully saturated rings. The number of aromatic amines is 1. The highest BCUT2D eigenvalue weighted by molar-refractivity contribution is 6.12. The first-order valence-corrected chi connectivity index (χ1v) is 7.26. The lowest BCUT2D eigenvalue weighted by Gasteiger charge is -2.03. The average molecular weight is 311 g/mol. The number of carbonyl (C=O) groups excluding carboxylic acids is 1. The van der Waals surface area contributed by atoms with Gasteiger partial charge in [-0.05, 0) is 6.07 Å². The zero-order valence-corrected chi connectivity index (χ0v) is 12.7. The van der Waals surface area contributed by atoms with Crippen LogP contribution in [0.4, 0.5) is 5.69 Å². The summed E-state index contributed by atoms with van der Waals surface area (Å²) in [6.45, 7) is 1.20. The Morgan fingerprint density at radius 2 is 2.13 bits per heavy atom. The second kappa shape index (κ2) is 6.50. The van der Waals surface area contributed by atoms with Gasteiger partial charge in [0, 0.05) is 49.2 Å². The van der Waals surface area contributed by atoms with Crippen molar-refractivity contribution >= 4 is 22.5 Å². The minimum Gasteiger partial charge on any atom is -0.383 e. The van der Waals surface area contributed by atoms with Crippen LogP contribution in [-0.4, -0.2) is 29.2 Å². The van der Waals surface area contributed by atoms with Crippen molar-refractivity contribution in [2.75, 3.05) is 19.0 Å². The second-order valence-corrected chi connectivity index (χ2v) is 5.12. The van der Waals surface area contributed by atoms with E-state index in [9.17, 15) is 9.59 Å². The average Bonchev–Trinajstić information content (AvgIpc) is 2.94. The summed E-state index contributed by atoms with van der Waals surface area (Å²) in [6, 6.07) is 9.03. The summed E-state index contributed by atoms with van der Waals surface area (Å²) in [5, 5.41) is 3.50. The molecule has 0 saturated heterocycles. The number of ether oxygens (including phenoxy) is 1. The van der Waals surface area contributed by atoms with Crippen molar-refractivity contribution in [1.82, 2.24) is 9.55 Å². The third-order valence-electron chi connectivity index (χ3n) is 3.64. The van der Waals surface area contributed by atoms with Gasteiger partial charge in [-0.1, -0.05) is 18.2 Å². The Morgan fingerprint density at radius 1 is 1.30 bits per heavy atom. The van der Waals surface area contributed by atoms with Gasteiger partial charge in [-0.15, -0.1) is 0 Å². The molecule has 0 bridgehead atoms. The van der Waals surface area contributed by atoms with Crippen LogP contribution in [0.1, 0.15) is 10.4 Å². The van der Waals surface area contributed by atoms with Crippen LogP contribution in [0.25, 0.3) is 10.9 Å². The SMILES string of the molecule is COCCn1cc(C(=O)Nc2c[nH]ccc2=O)c2ccccc21. The summed E-state index contributed by atoms with van der Waals surface area (Å²) in [5.41, 5.74) is 1.48. The van der Waals surface area contributed by atoms with Crippen LogP contribution in [0.2, 0.25) is 0 Å². The molecule has 2 N–H and O–H groups in total. The standard InChI is InChI=1S/C17H17N3O3/c1-23-9-8-20-11-13(12-4-2-3-5-15(12)20)17(22)19-14-10-18-7-6-16(14)21/h2-7,10-11H,8-9H2,1H3,(H,18,21)(H,19,22). The van der Waals surface area contributed by atoms with Gasteiger partial charge in [0.05, 0.1) is 12.2 Å². The van der Waals surface area contributed by atoms with Crippen molar-refractivity contribution in [1.29, 1.82) is 0 Å². The Bertz CT molecular complexity index is 895. The molecule has 0 unspecified atom stereocenters. The Labute approximate surface area is 132 Å². The number of carbonyl (C=O) groups is 1. The summed E-state index contributed by atoms with van der Waals surface area (Å²) in [4.78, 5) is 27.1. The van der Waals surface area contributed by atoms with Crippen LogP contribution in [0.5, 0.6) is 0 Å². The lowest BCUT2D eigenvalue weighted by atomic mass is 10.1. The third-order valence-corrected chi connectivity index (χ3v) is 3.64. The molecule has 0 radical (unpaired) electrons. The number of rotatable bonds is 5. The Hall–Kier alpha value is -2.86. The molecule has 0 aliphatic heterocycles. The molecule has 3 rings (SSSR count). The van der Waals surface area contributed by atoms with Gasteiger partial charge in [0.2, 0.25) is 5.43 Å². The molecule has 6 heteroatoms. The van der Waals surface area contributed by atoms with E-state index in [1.54, 1.807) is 13.3 Å². The zero-order valence-electron chi connectivity index (χ0n) is 12.7. The second-order valence-electron chi connectivity index (χ2n) is 5.12. The summed E-state index contributed by atoms with van der Waals surface area (Å²) in [6.07, 6.45) is 4.79. The highest BCUT2D eigenvalue weighted by Gasteiger charge is 2.15. The lowest BCUT2D eigenvalue weighted by molar-refractivity contribution is 0.102. The normalized spacial score (nSPS) is 10.8. The number of anilines is 1. The molecule has 2 heterocycles. The van der Waals surface area contributed by atoms with Crippen LogP contribution in [0.3, 0.4) is 0 Å². The summed E-state index contributed by atoms with van der Waals surface area (Å²) >= 11 is 0. The molecule has 0 spiro atoms. The van der Waals surface area contributed by atoms with Crippen molar-refractivity contribution in [3.8, 4) is 0 Å². The molecule has 0 aliphatic carbocycles. The summed E-state index contributed by atoms with van der Waals surface area (Å²) < 4.78 is 7.08. The molecular weight excluding hydrogens is 294 g/mol. The van der Waals surface area contributed by atoms with Gasteiger partial charge in [-0.3, -0.25) is 9.59 Å². The molecule has 2 aromatic heterocycles. The number of para-hydroxylation sites is 1. The fraction of sp³-hybridized carbons (Fsp3) is 0.176. The van der Waals surface area contributed by atoms with Crippen LogP contribution >= 0.6 is 0 Å². The van der Waals surface area contributed by atoms with Crippen molar-refractivity contribution in [2.24, 2.45) is 0 Å². The van der Waals surface area contributed by atoms with E-state index in [4.69, 9.17) is 4.74 Å². The fourth-order valence-corrected chi connectivity index (χ4v) is 2.51. The van der Waals surface area contributed by atoms with Gasteiger partial charge in [-0.2, -0.15) is 0 Å². The zero-order chi connectivity index (χ0) is 16.2. The molecule has 0 atom stereocenters. The van der Waals surface area contributed by atoms with Gasteiger partial charge in [0.1, 0.15) is 5.69 Å². The van der Waals surface area contributed by atoms with Gasteiger partial charge in [0.15, 0.2) is 0 Å². The number of methoxy groups -OCH3 is 1. The predicted octanol–water partition coefficient (Wildman–Crippen LogP) is 2.23. The first kappa shape index (κ1) is 15.1. The number of fused-ring (bicyclic) bond motifs is 1. The van der Waals surface area contributed by atoms with Crippen molar-refractivity contribution < 1.29 is 9.53 Å². The number of hydrogen-bond donors (Lipinski definition) is 2. The van der Waals surface area contributed by atoms with Crippen molar-refractivity contribution in [3.05, 3.63) is 64.7 Å². The van der Waals surface area contributed by atoms with Crippen LogP contribution in [-0.2, 0) is 11.3 Å². The van der Waals surface area contributed by atoms with Crippen molar-refractivity contribution in [3.63, 3.8) is 0 Å². The number of nitrogens with one attached hydrogen (secondary N) is 2. The number of aromatic nitrogens is 2. The highest BCUT2D eigenvalue weighted by Crippen LogP contribution is 2.22. The quantitative estimate of drug-likeness (QED) is 0.758. The first-order valence-electron chi connectivity index (χ1n) is 7.26. The first-order chi connectivity index (χ1) is 11.2. The molecule has 0 aliphatic rings. The van der Waals surface area contributed by atoms with Gasteiger partial charge >= 0.3 is 0 Å². The smallest absolute Gasteiger partial charge is 0.257 e. The monoisotopic (exact) mass is 311 g/mol. The maximum Gasteiger partial charge on any atom is 0.257 e. The van der Waals surface area contributed by atoms with E-state index >= 15 is 0 Å². The number of H-pyrrole nitrogens is 1. The lowest BCUT2D eigenvalue weighted by Crippen LogP contribution is -2.17. The van der Waals surface area contributed by atoms with E-state index < -0.39 is 0 Å². The van der Waals surface area contributed by atoms with E-state index in [1.165, 1.54) is 18.5 Å². The summed E-state index contributed by atoms with van der Waals surface area (Å²) in [7, 11) is 1.64. The number of nitrogens with zero attached hydrogens (tertiary/aromatic N) is 1. The van der Waals surface area contributed by atoms with Crippen molar-refractivity contribution in [2.45, 2.75) is 6.54 Å². The van der Waals surface area contributed by atoms with Crippen LogP contribution < -0.4 is 10.7 Å². The maximum atomic E-state index is 12.6. The maximum absolute atomic E-state index is 12.6. The van der Waals surface area contributed by atoms with E-state index in [0.29, 0.717) is 18.7 Å². The highest BCUT2D eigenvalue weighted by atomic mass is 16.5. The van der Waals surface area contributed by atoms with E-state index in [1.807, 2.05) is 28.8 Å². The largest absolute Gasteiger partial charge is 0.383 e. The van der Waals surface area contributed by atoms with Crippen LogP contribution in [0.15, 0.2) is 53.7 Å². The molecule has 3 aromatic rings. The van der Waals surface area contributed by atoms with Gasteiger partial charge < -0.3 is 19.6 Å². The summed E-state index contributed by atoms with van der Waals surface area (Å²) in [5.74, 6) is -0.311. The number of hydrogen-bond acceptors (Lipinski definition) is 3. The predicted molar refractivity (Wildman–Crippen MR) is 88.8 cm³/mol. The van der Waals surface area contributed by atoms with E-state index in [0.717, 1.165) is 10.9 Å². The Morgan fingerprint density at radius 3 is 2.91 bits per heavy atom. The molecule has 118 valence electrons. The molecule has 0 saturated carbocycles. The van der Waals surface area contributed by atoms with E-state index in [2.05, 4.69) is 10.3 Å². The van der Waals surface area contributed by atoms with E-state index in [-0.39, 0.29) is 17.0 Å². The minimum absolute atomic E-state index is 0.228. The molecule has 23 heavy (non-hydrogen) atoms. The fourth-order valence-electron chi connectivity index (χ4n) is 2.51. The van der Waals surface area contributed by atoms with Gasteiger partial charge in [0.25, 0.3) is 5.91 Å². The Balaban J connectivity index is 1.97. The molecule has 1 aromatic carbocycles. The van der Waals surface area contributed by atoms with Crippen LogP contribution in [0, 0.1) is 0 Å². The Kier molecular flexibility index (Phi) is 4.25. The topological polar surface area (TPSA) is 76.1 Å². The number of amides is 1. The molecule has 6 nitrogen and oxygen atoms in total. The molecular formula is C17H17N3O3. The third kappa shape index (κ3) is 3.02.